The molecule has 1 saturated heterocycles. The van der Waals surface area contributed by atoms with Crippen LogP contribution in [0.25, 0.3) is 0 Å². The summed E-state index contributed by atoms with van der Waals surface area (Å²) in [5, 5.41) is 5.75. The molecule has 0 spiro atoms. The number of hydrogen-bond acceptors (Lipinski definition) is 4. The van der Waals surface area contributed by atoms with Crippen molar-refractivity contribution in [1.82, 2.24) is 5.32 Å². The van der Waals surface area contributed by atoms with Gasteiger partial charge >= 0.3 is 0 Å². The largest absolute Gasteiger partial charge is 0.497 e. The normalized spacial score (nSPS) is 15.9. The summed E-state index contributed by atoms with van der Waals surface area (Å²) in [5.41, 5.74) is 2.29. The van der Waals surface area contributed by atoms with Gasteiger partial charge in [0.05, 0.1) is 13.0 Å². The molecule has 158 valence electrons. The van der Waals surface area contributed by atoms with Crippen LogP contribution in [-0.4, -0.2) is 31.4 Å². The van der Waals surface area contributed by atoms with Crippen LogP contribution in [0.1, 0.15) is 25.8 Å². The molecule has 3 amide bonds. The fraction of sp³-hybridized carbons (Fsp3) is 0.348. The Labute approximate surface area is 176 Å². The Kier molecular flexibility index (Phi) is 6.72. The van der Waals surface area contributed by atoms with Gasteiger partial charge in [0.2, 0.25) is 17.7 Å². The van der Waals surface area contributed by atoms with Gasteiger partial charge in [0.1, 0.15) is 5.75 Å². The lowest BCUT2D eigenvalue weighted by Crippen LogP contribution is -2.32. The van der Waals surface area contributed by atoms with Crippen molar-refractivity contribution in [2.45, 2.75) is 26.8 Å². The molecule has 0 saturated carbocycles. The molecule has 2 aromatic carbocycles. The molecule has 7 heteroatoms. The van der Waals surface area contributed by atoms with Gasteiger partial charge in [-0.2, -0.15) is 0 Å². The van der Waals surface area contributed by atoms with Crippen LogP contribution < -0.4 is 20.3 Å². The molecule has 0 bridgehead atoms. The molecule has 1 heterocycles. The average Bonchev–Trinajstić information content (AvgIpc) is 3.14. The minimum Gasteiger partial charge on any atom is -0.497 e. The summed E-state index contributed by atoms with van der Waals surface area (Å²) in [6.45, 7) is 4.32. The predicted octanol–water partition coefficient (Wildman–Crippen LogP) is 2.96. The fourth-order valence-electron chi connectivity index (χ4n) is 3.29. The Hall–Kier alpha value is -3.35. The molecular formula is C23H27N3O4. The van der Waals surface area contributed by atoms with Gasteiger partial charge in [-0.3, -0.25) is 14.4 Å². The molecule has 0 aliphatic carbocycles. The van der Waals surface area contributed by atoms with Crippen LogP contribution in [0.15, 0.2) is 48.5 Å². The van der Waals surface area contributed by atoms with Crippen molar-refractivity contribution in [3.05, 3.63) is 54.1 Å². The van der Waals surface area contributed by atoms with Crippen molar-refractivity contribution in [3.63, 3.8) is 0 Å². The van der Waals surface area contributed by atoms with E-state index < -0.39 is 5.92 Å². The molecule has 1 aliphatic heterocycles. The third-order valence-corrected chi connectivity index (χ3v) is 5.05. The van der Waals surface area contributed by atoms with Crippen LogP contribution >= 0.6 is 0 Å². The molecular weight excluding hydrogens is 382 g/mol. The summed E-state index contributed by atoms with van der Waals surface area (Å²) in [7, 11) is 1.57. The van der Waals surface area contributed by atoms with Gasteiger partial charge in [-0.1, -0.05) is 32.0 Å². The maximum atomic E-state index is 12.6. The second kappa shape index (κ2) is 9.43. The number of carbonyl (C=O) groups excluding carboxylic acids is 3. The zero-order valence-electron chi connectivity index (χ0n) is 17.5. The Bertz CT molecular complexity index is 942. The van der Waals surface area contributed by atoms with E-state index >= 15 is 0 Å². The first-order chi connectivity index (χ1) is 14.4. The second-order valence-electron chi connectivity index (χ2n) is 7.67. The van der Waals surface area contributed by atoms with Crippen LogP contribution in [0.5, 0.6) is 5.75 Å². The molecule has 0 unspecified atom stereocenters. The molecule has 30 heavy (non-hydrogen) atoms. The number of anilines is 2. The molecule has 2 aromatic rings. The number of nitrogens with one attached hydrogen (secondary N) is 2. The zero-order chi connectivity index (χ0) is 21.7. The molecule has 2 N–H and O–H groups in total. The molecule has 1 atom stereocenters. The number of carbonyl (C=O) groups is 3. The van der Waals surface area contributed by atoms with E-state index in [9.17, 15) is 14.4 Å². The Morgan fingerprint density at radius 1 is 1.17 bits per heavy atom. The summed E-state index contributed by atoms with van der Waals surface area (Å²) in [4.78, 5) is 38.5. The minimum absolute atomic E-state index is 0.0571. The number of ether oxygens (including phenoxy) is 1. The van der Waals surface area contributed by atoms with Crippen molar-refractivity contribution < 1.29 is 19.1 Å². The standard InChI is InChI=1S/C23H27N3O4/c1-15(2)22(28)25-18-7-4-6-16(10-18)13-24-23(29)17-11-21(27)26(14-17)19-8-5-9-20(12-19)30-3/h4-10,12,15,17H,11,13-14H2,1-3H3,(H,24,29)(H,25,28)/t17-/m1/s1. The second-order valence-corrected chi connectivity index (χ2v) is 7.67. The number of amides is 3. The van der Waals surface area contributed by atoms with Gasteiger partial charge in [0.15, 0.2) is 0 Å². The number of nitrogens with zero attached hydrogens (tertiary/aromatic N) is 1. The van der Waals surface area contributed by atoms with E-state index in [2.05, 4.69) is 10.6 Å². The van der Waals surface area contributed by atoms with Gasteiger partial charge in [-0.15, -0.1) is 0 Å². The van der Waals surface area contributed by atoms with Crippen molar-refractivity contribution in [1.29, 1.82) is 0 Å². The highest BCUT2D eigenvalue weighted by Gasteiger charge is 2.35. The van der Waals surface area contributed by atoms with Crippen molar-refractivity contribution in [3.8, 4) is 5.75 Å². The first kappa shape index (κ1) is 21.4. The summed E-state index contributed by atoms with van der Waals surface area (Å²) >= 11 is 0. The Balaban J connectivity index is 1.58. The number of methoxy groups -OCH3 is 1. The van der Waals surface area contributed by atoms with Crippen molar-refractivity contribution in [2.75, 3.05) is 23.9 Å². The Morgan fingerprint density at radius 3 is 2.67 bits per heavy atom. The van der Waals surface area contributed by atoms with Crippen LogP contribution in [0.4, 0.5) is 11.4 Å². The third kappa shape index (κ3) is 5.17. The summed E-state index contributed by atoms with van der Waals surface area (Å²) < 4.78 is 5.21. The van der Waals surface area contributed by atoms with Crippen LogP contribution in [-0.2, 0) is 20.9 Å². The summed E-state index contributed by atoms with van der Waals surface area (Å²) in [6, 6.07) is 14.6. The van der Waals surface area contributed by atoms with E-state index in [4.69, 9.17) is 4.74 Å². The van der Waals surface area contributed by atoms with Gasteiger partial charge in [0.25, 0.3) is 0 Å². The van der Waals surface area contributed by atoms with Crippen LogP contribution in [0.3, 0.4) is 0 Å². The summed E-state index contributed by atoms with van der Waals surface area (Å²) in [6.07, 6.45) is 0.174. The highest BCUT2D eigenvalue weighted by molar-refractivity contribution is 6.00. The van der Waals surface area contributed by atoms with Crippen molar-refractivity contribution in [2.24, 2.45) is 11.8 Å². The van der Waals surface area contributed by atoms with E-state index in [1.54, 1.807) is 18.1 Å². The van der Waals surface area contributed by atoms with Crippen LogP contribution in [0, 0.1) is 11.8 Å². The SMILES string of the molecule is COc1cccc(N2C[C@H](C(=O)NCc3cccc(NC(=O)C(C)C)c3)CC2=O)c1. The number of hydrogen-bond donors (Lipinski definition) is 2. The predicted molar refractivity (Wildman–Crippen MR) is 115 cm³/mol. The molecule has 0 aromatic heterocycles. The summed E-state index contributed by atoms with van der Waals surface area (Å²) in [5.74, 6) is -0.156. The topological polar surface area (TPSA) is 87.7 Å². The minimum atomic E-state index is -0.410. The van der Waals surface area contributed by atoms with Gasteiger partial charge in [-0.05, 0) is 29.8 Å². The van der Waals surface area contributed by atoms with Crippen LogP contribution in [0.2, 0.25) is 0 Å². The smallest absolute Gasteiger partial charge is 0.227 e. The lowest BCUT2D eigenvalue weighted by Gasteiger charge is -2.17. The zero-order valence-corrected chi connectivity index (χ0v) is 17.5. The lowest BCUT2D eigenvalue weighted by molar-refractivity contribution is -0.126. The third-order valence-electron chi connectivity index (χ3n) is 5.05. The molecule has 1 aliphatic rings. The van der Waals surface area contributed by atoms with Crippen molar-refractivity contribution >= 4 is 29.1 Å². The van der Waals surface area contributed by atoms with E-state index in [1.165, 1.54) is 0 Å². The number of rotatable bonds is 7. The van der Waals surface area contributed by atoms with Gasteiger partial charge in [0, 0.05) is 42.9 Å². The van der Waals surface area contributed by atoms with E-state index in [0.29, 0.717) is 24.5 Å². The quantitative estimate of drug-likeness (QED) is 0.736. The number of benzene rings is 2. The first-order valence-corrected chi connectivity index (χ1v) is 9.99. The molecule has 1 fully saturated rings. The monoisotopic (exact) mass is 409 g/mol. The average molecular weight is 409 g/mol. The van der Waals surface area contributed by atoms with Gasteiger partial charge < -0.3 is 20.3 Å². The highest BCUT2D eigenvalue weighted by Crippen LogP contribution is 2.28. The van der Waals surface area contributed by atoms with Gasteiger partial charge in [-0.25, -0.2) is 0 Å². The Morgan fingerprint density at radius 2 is 1.93 bits per heavy atom. The maximum absolute atomic E-state index is 12.6. The van der Waals surface area contributed by atoms with E-state index in [1.807, 2.05) is 56.3 Å². The molecule has 3 rings (SSSR count). The fourth-order valence-corrected chi connectivity index (χ4v) is 3.29. The first-order valence-electron chi connectivity index (χ1n) is 9.99. The molecule has 0 radical (unpaired) electrons. The maximum Gasteiger partial charge on any atom is 0.227 e. The highest BCUT2D eigenvalue weighted by atomic mass is 16.5. The van der Waals surface area contributed by atoms with E-state index in [0.717, 1.165) is 11.3 Å². The molecule has 7 nitrogen and oxygen atoms in total. The lowest BCUT2D eigenvalue weighted by atomic mass is 10.1. The van der Waals surface area contributed by atoms with E-state index in [-0.39, 0.29) is 30.1 Å².